The van der Waals surface area contributed by atoms with E-state index in [9.17, 15) is 4.79 Å². The van der Waals surface area contributed by atoms with Gasteiger partial charge >= 0.3 is 5.97 Å². The zero-order valence-corrected chi connectivity index (χ0v) is 21.5. The highest BCUT2D eigenvalue weighted by atomic mass is 79.9. The van der Waals surface area contributed by atoms with E-state index in [1.807, 2.05) is 20.8 Å². The van der Waals surface area contributed by atoms with Gasteiger partial charge in [0.25, 0.3) is 0 Å². The molecular formula is C26H37BrN2O3. The van der Waals surface area contributed by atoms with Gasteiger partial charge in [-0.15, -0.1) is 0 Å². The van der Waals surface area contributed by atoms with Gasteiger partial charge in [0.2, 0.25) is 0 Å². The number of ether oxygens (including phenoxy) is 2. The molecule has 0 amide bonds. The van der Waals surface area contributed by atoms with E-state index in [2.05, 4.69) is 57.9 Å². The zero-order valence-electron chi connectivity index (χ0n) is 19.9. The first kappa shape index (κ1) is 25.0. The summed E-state index contributed by atoms with van der Waals surface area (Å²) >= 11 is 3.85. The summed E-state index contributed by atoms with van der Waals surface area (Å²) in [6, 6.07) is 10.5. The minimum Gasteiger partial charge on any atom is -0.458 e. The van der Waals surface area contributed by atoms with Crippen molar-refractivity contribution in [2.24, 2.45) is 11.8 Å². The Balaban J connectivity index is 1.51. The Morgan fingerprint density at radius 2 is 1.78 bits per heavy atom. The van der Waals surface area contributed by atoms with Crippen LogP contribution in [0.15, 0.2) is 34.9 Å². The number of carbonyl (C=O) groups is 1. The Morgan fingerprint density at radius 3 is 2.41 bits per heavy atom. The number of hydrogen-bond acceptors (Lipinski definition) is 4. The number of aryl methyl sites for hydroxylation is 1. The lowest BCUT2D eigenvalue weighted by atomic mass is 9.82. The second kappa shape index (κ2) is 11.5. The van der Waals surface area contributed by atoms with Gasteiger partial charge in [0.1, 0.15) is 16.8 Å². The highest BCUT2D eigenvalue weighted by molar-refractivity contribution is 9.10. The van der Waals surface area contributed by atoms with Crippen LogP contribution >= 0.6 is 15.9 Å². The molecule has 1 aliphatic carbocycles. The number of nitrogens with zero attached hydrogens (tertiary/aromatic N) is 2. The Labute approximate surface area is 201 Å². The average molecular weight is 505 g/mol. The average Bonchev–Trinajstić information content (AvgIpc) is 3.04. The van der Waals surface area contributed by atoms with Crippen LogP contribution in [0.3, 0.4) is 0 Å². The van der Waals surface area contributed by atoms with E-state index in [1.165, 1.54) is 16.8 Å². The standard InChI is InChI=1S/C26H37BrN2O3/c1-5-9-22-24(21-10-7-6-8-11-21)25(27)29(28-22)16-19-12-14-20(15-13-19)17-31-18-23(30)32-26(2,3)4/h6-8,10-11,19-20H,5,9,12-18H2,1-4H3. The second-order valence-electron chi connectivity index (χ2n) is 9.90. The molecule has 32 heavy (non-hydrogen) atoms. The van der Waals surface area contributed by atoms with Gasteiger partial charge in [-0.1, -0.05) is 43.7 Å². The molecule has 0 aliphatic heterocycles. The summed E-state index contributed by atoms with van der Waals surface area (Å²) in [6.45, 7) is 9.44. The molecule has 176 valence electrons. The van der Waals surface area contributed by atoms with Crippen LogP contribution in [0.5, 0.6) is 0 Å². The lowest BCUT2D eigenvalue weighted by Gasteiger charge is -2.28. The molecule has 1 fully saturated rings. The number of hydrogen-bond donors (Lipinski definition) is 0. The molecule has 0 atom stereocenters. The molecule has 2 aromatic rings. The topological polar surface area (TPSA) is 53.4 Å². The molecule has 0 N–H and O–H groups in total. The van der Waals surface area contributed by atoms with Gasteiger partial charge in [-0.2, -0.15) is 5.10 Å². The molecule has 0 saturated heterocycles. The Kier molecular flexibility index (Phi) is 8.95. The monoisotopic (exact) mass is 504 g/mol. The normalized spacial score (nSPS) is 19.2. The molecule has 6 heteroatoms. The van der Waals surface area contributed by atoms with Crippen molar-refractivity contribution < 1.29 is 14.3 Å². The maximum atomic E-state index is 11.8. The second-order valence-corrected chi connectivity index (χ2v) is 10.7. The van der Waals surface area contributed by atoms with E-state index in [1.54, 1.807) is 0 Å². The highest BCUT2D eigenvalue weighted by Crippen LogP contribution is 2.35. The van der Waals surface area contributed by atoms with Crippen LogP contribution in [-0.2, 0) is 27.2 Å². The molecule has 1 heterocycles. The first-order valence-electron chi connectivity index (χ1n) is 11.9. The molecule has 1 saturated carbocycles. The summed E-state index contributed by atoms with van der Waals surface area (Å²) in [5, 5.41) is 4.98. The molecule has 1 aromatic carbocycles. The number of halogens is 1. The minimum absolute atomic E-state index is 0.0416. The molecule has 0 bridgehead atoms. The van der Waals surface area contributed by atoms with Crippen LogP contribution in [0.1, 0.15) is 65.5 Å². The third kappa shape index (κ3) is 7.17. The Hall–Kier alpha value is -1.66. The van der Waals surface area contributed by atoms with E-state index >= 15 is 0 Å². The lowest BCUT2D eigenvalue weighted by Crippen LogP contribution is -2.28. The maximum absolute atomic E-state index is 11.8. The van der Waals surface area contributed by atoms with Crippen molar-refractivity contribution >= 4 is 21.9 Å². The third-order valence-electron chi connectivity index (χ3n) is 5.90. The smallest absolute Gasteiger partial charge is 0.332 e. The van der Waals surface area contributed by atoms with Crippen LogP contribution in [-0.4, -0.2) is 34.6 Å². The van der Waals surface area contributed by atoms with Crippen molar-refractivity contribution in [1.82, 2.24) is 9.78 Å². The van der Waals surface area contributed by atoms with E-state index in [0.717, 1.165) is 49.7 Å². The third-order valence-corrected chi connectivity index (χ3v) is 6.71. The first-order chi connectivity index (χ1) is 15.3. The zero-order chi connectivity index (χ0) is 23.1. The van der Waals surface area contributed by atoms with Gasteiger partial charge in [-0.25, -0.2) is 4.79 Å². The lowest BCUT2D eigenvalue weighted by molar-refractivity contribution is -0.160. The van der Waals surface area contributed by atoms with Crippen molar-refractivity contribution in [3.63, 3.8) is 0 Å². The number of carbonyl (C=O) groups excluding carboxylic acids is 1. The van der Waals surface area contributed by atoms with Crippen LogP contribution in [0.4, 0.5) is 0 Å². The predicted octanol–water partition coefficient (Wildman–Crippen LogP) is 6.43. The summed E-state index contributed by atoms with van der Waals surface area (Å²) < 4.78 is 14.2. The highest BCUT2D eigenvalue weighted by Gasteiger charge is 2.25. The first-order valence-corrected chi connectivity index (χ1v) is 12.7. The molecular weight excluding hydrogens is 468 g/mol. The largest absolute Gasteiger partial charge is 0.458 e. The molecule has 1 aliphatic rings. The number of aromatic nitrogens is 2. The number of esters is 1. The molecule has 5 nitrogen and oxygen atoms in total. The fraction of sp³-hybridized carbons (Fsp3) is 0.615. The molecule has 0 radical (unpaired) electrons. The number of benzene rings is 1. The van der Waals surface area contributed by atoms with Crippen LogP contribution in [0, 0.1) is 11.8 Å². The maximum Gasteiger partial charge on any atom is 0.332 e. The minimum atomic E-state index is -0.462. The number of rotatable bonds is 9. The molecule has 0 unspecified atom stereocenters. The van der Waals surface area contributed by atoms with Crippen LogP contribution in [0.2, 0.25) is 0 Å². The van der Waals surface area contributed by atoms with Gasteiger partial charge < -0.3 is 9.47 Å². The molecule has 0 spiro atoms. The van der Waals surface area contributed by atoms with Crippen LogP contribution < -0.4 is 0 Å². The van der Waals surface area contributed by atoms with E-state index in [0.29, 0.717) is 18.4 Å². The van der Waals surface area contributed by atoms with Gasteiger partial charge in [0, 0.05) is 12.1 Å². The summed E-state index contributed by atoms with van der Waals surface area (Å²) in [5.41, 5.74) is 3.17. The van der Waals surface area contributed by atoms with E-state index in [-0.39, 0.29) is 12.6 Å². The van der Waals surface area contributed by atoms with E-state index < -0.39 is 5.60 Å². The van der Waals surface area contributed by atoms with Gasteiger partial charge in [0.15, 0.2) is 0 Å². The van der Waals surface area contributed by atoms with Gasteiger partial charge in [-0.05, 0) is 86.2 Å². The SMILES string of the molecule is CCCc1nn(CC2CCC(COCC(=O)OC(C)(C)C)CC2)c(Br)c1-c1ccccc1. The quantitative estimate of drug-likeness (QED) is 0.369. The molecule has 3 rings (SSSR count). The summed E-state index contributed by atoms with van der Waals surface area (Å²) in [7, 11) is 0. The Bertz CT molecular complexity index is 865. The van der Waals surface area contributed by atoms with Crippen molar-refractivity contribution in [1.29, 1.82) is 0 Å². The van der Waals surface area contributed by atoms with Crippen molar-refractivity contribution in [3.8, 4) is 11.1 Å². The van der Waals surface area contributed by atoms with Crippen molar-refractivity contribution in [3.05, 3.63) is 40.6 Å². The predicted molar refractivity (Wildman–Crippen MR) is 131 cm³/mol. The summed E-state index contributed by atoms with van der Waals surface area (Å²) in [5.74, 6) is 0.850. The Morgan fingerprint density at radius 1 is 1.12 bits per heavy atom. The van der Waals surface area contributed by atoms with Crippen molar-refractivity contribution in [2.75, 3.05) is 13.2 Å². The summed E-state index contributed by atoms with van der Waals surface area (Å²) in [6.07, 6.45) is 6.65. The van der Waals surface area contributed by atoms with Crippen molar-refractivity contribution in [2.45, 2.75) is 78.4 Å². The van der Waals surface area contributed by atoms with Gasteiger partial charge in [0.05, 0.1) is 12.3 Å². The fourth-order valence-corrected chi connectivity index (χ4v) is 5.10. The van der Waals surface area contributed by atoms with Crippen LogP contribution in [0.25, 0.3) is 11.1 Å². The summed E-state index contributed by atoms with van der Waals surface area (Å²) in [4.78, 5) is 11.8. The van der Waals surface area contributed by atoms with E-state index in [4.69, 9.17) is 14.6 Å². The van der Waals surface area contributed by atoms with Gasteiger partial charge in [-0.3, -0.25) is 4.68 Å². The molecule has 1 aromatic heterocycles. The fourth-order valence-electron chi connectivity index (χ4n) is 4.42.